The van der Waals surface area contributed by atoms with Crippen LogP contribution in [0.1, 0.15) is 46.0 Å². The predicted octanol–water partition coefficient (Wildman–Crippen LogP) is 5.65. The highest BCUT2D eigenvalue weighted by atomic mass is 32.2. The normalized spacial score (nSPS) is 11.1. The van der Waals surface area contributed by atoms with Gasteiger partial charge in [0, 0.05) is 11.3 Å². The van der Waals surface area contributed by atoms with Crippen molar-refractivity contribution in [3.8, 4) is 11.5 Å². The van der Waals surface area contributed by atoms with Gasteiger partial charge in [-0.1, -0.05) is 31.5 Å². The van der Waals surface area contributed by atoms with Crippen LogP contribution in [0, 0.1) is 0 Å². The lowest BCUT2D eigenvalue weighted by Gasteiger charge is -2.08. The Hall–Kier alpha value is -4.96. The van der Waals surface area contributed by atoms with Gasteiger partial charge in [0.2, 0.25) is 0 Å². The molecule has 0 saturated heterocycles. The molecule has 0 unspecified atom stereocenters. The quantitative estimate of drug-likeness (QED) is 0.0745. The van der Waals surface area contributed by atoms with Gasteiger partial charge in [-0.25, -0.2) is 18.6 Å². The van der Waals surface area contributed by atoms with Crippen molar-refractivity contribution in [3.05, 3.63) is 120 Å². The predicted molar refractivity (Wildman–Crippen MR) is 157 cm³/mol. The molecule has 1 amide bonds. The molecule has 10 heteroatoms. The van der Waals surface area contributed by atoms with Crippen LogP contribution in [0.25, 0.3) is 0 Å². The highest BCUT2D eigenvalue weighted by Gasteiger charge is 2.14. The van der Waals surface area contributed by atoms with Crippen LogP contribution in [-0.2, 0) is 10.0 Å². The molecule has 0 radical (unpaired) electrons. The first-order valence-corrected chi connectivity index (χ1v) is 14.4. The maximum atomic E-state index is 12.4. The Morgan fingerprint density at radius 1 is 0.805 bits per heavy atom. The Kier molecular flexibility index (Phi) is 9.85. The van der Waals surface area contributed by atoms with Crippen molar-refractivity contribution in [2.24, 2.45) is 5.10 Å². The van der Waals surface area contributed by atoms with Crippen molar-refractivity contribution in [3.63, 3.8) is 0 Å². The molecule has 0 atom stereocenters. The number of nitrogens with zero attached hydrogens (tertiary/aromatic N) is 1. The summed E-state index contributed by atoms with van der Waals surface area (Å²) >= 11 is 0. The summed E-state index contributed by atoms with van der Waals surface area (Å²) in [5, 5.41) is 3.96. The van der Waals surface area contributed by atoms with Crippen LogP contribution < -0.4 is 19.6 Å². The second kappa shape index (κ2) is 13.9. The van der Waals surface area contributed by atoms with Crippen molar-refractivity contribution in [1.29, 1.82) is 0 Å². The fourth-order valence-electron chi connectivity index (χ4n) is 3.54. The molecule has 0 heterocycles. The number of hydrazone groups is 1. The summed E-state index contributed by atoms with van der Waals surface area (Å²) in [5.41, 5.74) is 4.12. The van der Waals surface area contributed by atoms with E-state index < -0.39 is 21.9 Å². The van der Waals surface area contributed by atoms with Gasteiger partial charge >= 0.3 is 5.97 Å². The Labute approximate surface area is 238 Å². The zero-order valence-corrected chi connectivity index (χ0v) is 23.1. The molecule has 0 aliphatic carbocycles. The van der Waals surface area contributed by atoms with Crippen molar-refractivity contribution in [2.75, 3.05) is 11.3 Å². The van der Waals surface area contributed by atoms with E-state index >= 15 is 0 Å². The second-order valence-electron chi connectivity index (χ2n) is 8.88. The van der Waals surface area contributed by atoms with Gasteiger partial charge in [-0.15, -0.1) is 0 Å². The van der Waals surface area contributed by atoms with Crippen LogP contribution >= 0.6 is 0 Å². The molecule has 0 fully saturated rings. The SMILES string of the molecule is CCCCOc1ccc(C(=O)Oc2ccc(/C=N/NC(=O)c3ccc(NS(=O)(=O)c4ccccc4)cc3)cc2)cc1. The van der Waals surface area contributed by atoms with Gasteiger partial charge < -0.3 is 9.47 Å². The summed E-state index contributed by atoms with van der Waals surface area (Å²) in [6.45, 7) is 2.72. The van der Waals surface area contributed by atoms with Crippen molar-refractivity contribution in [2.45, 2.75) is 24.7 Å². The van der Waals surface area contributed by atoms with Crippen LogP contribution in [-0.4, -0.2) is 33.1 Å². The summed E-state index contributed by atoms with van der Waals surface area (Å²) in [7, 11) is -3.73. The van der Waals surface area contributed by atoms with Crippen molar-refractivity contribution in [1.82, 2.24) is 5.43 Å². The zero-order chi connectivity index (χ0) is 29.1. The molecule has 4 rings (SSSR count). The first-order valence-electron chi connectivity index (χ1n) is 12.9. The summed E-state index contributed by atoms with van der Waals surface area (Å²) in [5.74, 6) is 0.111. The Morgan fingerprint density at radius 3 is 2.10 bits per heavy atom. The minimum atomic E-state index is -3.73. The van der Waals surface area contributed by atoms with E-state index in [9.17, 15) is 18.0 Å². The molecule has 4 aromatic rings. The Morgan fingerprint density at radius 2 is 1.44 bits per heavy atom. The summed E-state index contributed by atoms with van der Waals surface area (Å²) in [4.78, 5) is 25.0. The number of unbranched alkanes of at least 4 members (excludes halogenated alkanes) is 1. The number of ether oxygens (including phenoxy) is 2. The number of esters is 1. The molecule has 2 N–H and O–H groups in total. The number of carbonyl (C=O) groups excluding carboxylic acids is 2. The molecular weight excluding hydrogens is 542 g/mol. The third-order valence-corrected chi connectivity index (χ3v) is 7.18. The van der Waals surface area contributed by atoms with Crippen LogP contribution in [0.2, 0.25) is 0 Å². The fourth-order valence-corrected chi connectivity index (χ4v) is 4.62. The van der Waals surface area contributed by atoms with E-state index in [0.717, 1.165) is 12.8 Å². The maximum Gasteiger partial charge on any atom is 0.343 e. The van der Waals surface area contributed by atoms with Gasteiger partial charge in [-0.05, 0) is 96.9 Å². The van der Waals surface area contributed by atoms with Crippen LogP contribution in [0.15, 0.2) is 113 Å². The van der Waals surface area contributed by atoms with Crippen LogP contribution in [0.3, 0.4) is 0 Å². The molecule has 0 aromatic heterocycles. The summed E-state index contributed by atoms with van der Waals surface area (Å²) in [6, 6.07) is 27.4. The topological polar surface area (TPSA) is 123 Å². The molecule has 9 nitrogen and oxygen atoms in total. The standard InChI is InChI=1S/C31H29N3O6S/c1-2-3-21-39-27-19-13-25(14-20-27)31(36)40-28-17-9-23(10-18-28)22-32-33-30(35)24-11-15-26(16-12-24)34-41(37,38)29-7-5-4-6-8-29/h4-20,22,34H,2-3,21H2,1H3,(H,33,35)/b32-22+. The third-order valence-electron chi connectivity index (χ3n) is 5.78. The smallest absolute Gasteiger partial charge is 0.343 e. The number of hydrogen-bond acceptors (Lipinski definition) is 7. The number of benzene rings is 4. The average molecular weight is 572 g/mol. The van der Waals surface area contributed by atoms with E-state index in [-0.39, 0.29) is 4.90 Å². The van der Waals surface area contributed by atoms with Crippen molar-refractivity contribution >= 4 is 33.8 Å². The number of anilines is 1. The molecule has 0 aliphatic heterocycles. The molecule has 0 spiro atoms. The van der Waals surface area contributed by atoms with Gasteiger partial charge in [0.15, 0.2) is 0 Å². The number of nitrogens with one attached hydrogen (secondary N) is 2. The lowest BCUT2D eigenvalue weighted by Crippen LogP contribution is -2.18. The fraction of sp³-hybridized carbons (Fsp3) is 0.129. The van der Waals surface area contributed by atoms with E-state index in [4.69, 9.17) is 9.47 Å². The van der Waals surface area contributed by atoms with Gasteiger partial charge in [-0.2, -0.15) is 5.10 Å². The molecule has 0 bridgehead atoms. The van der Waals surface area contributed by atoms with E-state index in [0.29, 0.717) is 40.5 Å². The summed E-state index contributed by atoms with van der Waals surface area (Å²) < 4.78 is 38.4. The first-order chi connectivity index (χ1) is 19.8. The number of hydrogen-bond donors (Lipinski definition) is 2. The van der Waals surface area contributed by atoms with Gasteiger partial charge in [0.25, 0.3) is 15.9 Å². The highest BCUT2D eigenvalue weighted by Crippen LogP contribution is 2.18. The van der Waals surface area contributed by atoms with Gasteiger partial charge in [-0.3, -0.25) is 9.52 Å². The number of sulfonamides is 1. The Balaban J connectivity index is 1.26. The minimum Gasteiger partial charge on any atom is -0.494 e. The third kappa shape index (κ3) is 8.51. The molecule has 210 valence electrons. The second-order valence-corrected chi connectivity index (χ2v) is 10.6. The van der Waals surface area contributed by atoms with Crippen LogP contribution in [0.4, 0.5) is 5.69 Å². The van der Waals surface area contributed by atoms with Crippen molar-refractivity contribution < 1.29 is 27.5 Å². The minimum absolute atomic E-state index is 0.140. The van der Waals surface area contributed by atoms with Gasteiger partial charge in [0.05, 0.1) is 23.3 Å². The maximum absolute atomic E-state index is 12.4. The van der Waals surface area contributed by atoms with E-state index in [2.05, 4.69) is 22.2 Å². The monoisotopic (exact) mass is 571 g/mol. The molecule has 4 aromatic carbocycles. The lowest BCUT2D eigenvalue weighted by molar-refractivity contribution is 0.0734. The number of carbonyl (C=O) groups is 2. The Bertz CT molecular complexity index is 1590. The number of amides is 1. The molecule has 41 heavy (non-hydrogen) atoms. The number of rotatable bonds is 12. The highest BCUT2D eigenvalue weighted by molar-refractivity contribution is 7.92. The zero-order valence-electron chi connectivity index (χ0n) is 22.3. The van der Waals surface area contributed by atoms with Gasteiger partial charge in [0.1, 0.15) is 11.5 Å². The largest absolute Gasteiger partial charge is 0.494 e. The van der Waals surface area contributed by atoms with E-state index in [1.54, 1.807) is 66.7 Å². The summed E-state index contributed by atoms with van der Waals surface area (Å²) in [6.07, 6.45) is 3.46. The first kappa shape index (κ1) is 29.0. The molecular formula is C31H29N3O6S. The van der Waals surface area contributed by atoms with E-state index in [1.807, 2.05) is 0 Å². The molecule has 0 aliphatic rings. The van der Waals surface area contributed by atoms with Crippen LogP contribution in [0.5, 0.6) is 11.5 Å². The van der Waals surface area contributed by atoms with E-state index in [1.165, 1.54) is 42.6 Å². The average Bonchev–Trinajstić information content (AvgIpc) is 2.99. The molecule has 0 saturated carbocycles. The lowest BCUT2D eigenvalue weighted by atomic mass is 10.2.